The predicted molar refractivity (Wildman–Crippen MR) is 96.7 cm³/mol. The van der Waals surface area contributed by atoms with Crippen LogP contribution in [-0.2, 0) is 9.47 Å². The number of hydrogen-bond donors (Lipinski definition) is 0. The van der Waals surface area contributed by atoms with Gasteiger partial charge in [0.15, 0.2) is 12.4 Å². The Kier molecular flexibility index (Phi) is 4.98. The molecular formula is C19H13F3N3O5-. The third kappa shape index (κ3) is 3.63. The molecule has 30 heavy (non-hydrogen) atoms. The monoisotopic (exact) mass is 420 g/mol. The van der Waals surface area contributed by atoms with Crippen LogP contribution >= 0.6 is 0 Å². The van der Waals surface area contributed by atoms with Gasteiger partial charge in [-0.25, -0.2) is 0 Å². The maximum absolute atomic E-state index is 13.0. The molecule has 1 fully saturated rings. The van der Waals surface area contributed by atoms with Crippen molar-refractivity contribution in [1.29, 1.82) is 5.26 Å². The number of alkyl halides is 3. The molecule has 2 aliphatic rings. The summed E-state index contributed by atoms with van der Waals surface area (Å²) in [5.74, 6) is -0.487. The van der Waals surface area contributed by atoms with E-state index < -0.39 is 30.2 Å². The van der Waals surface area contributed by atoms with Gasteiger partial charge in [0.05, 0.1) is 13.2 Å². The van der Waals surface area contributed by atoms with E-state index in [0.29, 0.717) is 28.6 Å². The Hall–Kier alpha value is -3.33. The zero-order chi connectivity index (χ0) is 21.5. The van der Waals surface area contributed by atoms with Gasteiger partial charge in [-0.15, -0.1) is 13.2 Å². The van der Waals surface area contributed by atoms with Crippen LogP contribution in [-0.4, -0.2) is 30.0 Å². The minimum absolute atomic E-state index is 0.00589. The van der Waals surface area contributed by atoms with Gasteiger partial charge in [-0.05, 0) is 23.8 Å². The predicted octanol–water partition coefficient (Wildman–Crippen LogP) is 3.80. The van der Waals surface area contributed by atoms with Crippen LogP contribution < -0.4 is 9.80 Å². The molecule has 2 heterocycles. The van der Waals surface area contributed by atoms with Gasteiger partial charge in [-0.2, -0.15) is 10.0 Å². The van der Waals surface area contributed by atoms with E-state index in [1.54, 1.807) is 12.1 Å². The lowest BCUT2D eigenvalue weighted by Gasteiger charge is -2.40. The normalized spacial score (nSPS) is 19.6. The van der Waals surface area contributed by atoms with Crippen LogP contribution in [0.3, 0.4) is 0 Å². The molecular weight excluding hydrogens is 407 g/mol. The first-order valence-corrected chi connectivity index (χ1v) is 8.72. The fourth-order valence-corrected chi connectivity index (χ4v) is 3.33. The van der Waals surface area contributed by atoms with Crippen LogP contribution in [0.1, 0.15) is 23.5 Å². The molecule has 2 aromatic carbocycles. The molecule has 2 aliphatic heterocycles. The number of ether oxygens (including phenoxy) is 3. The van der Waals surface area contributed by atoms with Crippen molar-refractivity contribution in [2.45, 2.75) is 18.7 Å². The molecule has 0 saturated carbocycles. The summed E-state index contributed by atoms with van der Waals surface area (Å²) in [4.78, 5) is 0. The first-order valence-electron chi connectivity index (χ1n) is 8.72. The molecule has 0 aliphatic carbocycles. The number of halogens is 3. The van der Waals surface area contributed by atoms with Gasteiger partial charge in [0.2, 0.25) is 5.69 Å². The van der Waals surface area contributed by atoms with E-state index in [9.17, 15) is 28.8 Å². The highest BCUT2D eigenvalue weighted by atomic mass is 19.4. The van der Waals surface area contributed by atoms with E-state index in [0.717, 1.165) is 12.1 Å². The standard InChI is InChI=1S/C19H13F3N3O5/c20-19(21,22)30-13-4-1-11(2-5-13)17-16(10-23)24(26)15-9-12(18-28-7-8-29-18)3-6-14(15)25(17)27/h1-6,9,17-18H,7-8H2/q-1. The molecule has 0 amide bonds. The first kappa shape index (κ1) is 20.0. The quantitative estimate of drug-likeness (QED) is 0.550. The zero-order valence-corrected chi connectivity index (χ0v) is 15.1. The molecule has 0 spiro atoms. The molecule has 0 N–H and O–H groups in total. The number of rotatable bonds is 3. The summed E-state index contributed by atoms with van der Waals surface area (Å²) in [6.45, 7) is 0.782. The van der Waals surface area contributed by atoms with Gasteiger partial charge in [0.25, 0.3) is 5.71 Å². The molecule has 2 aromatic rings. The van der Waals surface area contributed by atoms with Crippen LogP contribution in [0.25, 0.3) is 0 Å². The van der Waals surface area contributed by atoms with Gasteiger partial charge in [0.1, 0.15) is 17.5 Å². The van der Waals surface area contributed by atoms with E-state index in [1.807, 2.05) is 0 Å². The summed E-state index contributed by atoms with van der Waals surface area (Å²) in [5, 5.41) is 35.8. The summed E-state index contributed by atoms with van der Waals surface area (Å²) >= 11 is 0. The summed E-state index contributed by atoms with van der Waals surface area (Å²) < 4.78 is 51.9. The molecule has 8 nitrogen and oxygen atoms in total. The highest BCUT2D eigenvalue weighted by Crippen LogP contribution is 2.41. The van der Waals surface area contributed by atoms with Gasteiger partial charge in [-0.1, -0.05) is 18.2 Å². The van der Waals surface area contributed by atoms with Crippen LogP contribution in [0, 0.1) is 21.7 Å². The summed E-state index contributed by atoms with van der Waals surface area (Å²) in [6.07, 6.45) is -5.54. The van der Waals surface area contributed by atoms with E-state index in [1.165, 1.54) is 24.3 Å². The fourth-order valence-electron chi connectivity index (χ4n) is 3.33. The van der Waals surface area contributed by atoms with Crippen molar-refractivity contribution in [2.24, 2.45) is 0 Å². The average Bonchev–Trinajstić information content (AvgIpc) is 3.24. The molecule has 1 unspecified atom stereocenters. The molecule has 0 bridgehead atoms. The fraction of sp³-hybridized carbons (Fsp3) is 0.263. The lowest BCUT2D eigenvalue weighted by molar-refractivity contribution is -0.362. The summed E-state index contributed by atoms with van der Waals surface area (Å²) in [7, 11) is 0. The average molecular weight is 420 g/mol. The smallest absolute Gasteiger partial charge is 0.573 e. The molecule has 156 valence electrons. The number of hydroxylamine groups is 1. The molecule has 1 atom stereocenters. The Balaban J connectivity index is 1.71. The highest BCUT2D eigenvalue weighted by molar-refractivity contribution is 6.04. The summed E-state index contributed by atoms with van der Waals surface area (Å²) in [6, 6.07) is 9.21. The van der Waals surface area contributed by atoms with Crippen molar-refractivity contribution in [2.75, 3.05) is 18.3 Å². The third-order valence-electron chi connectivity index (χ3n) is 4.61. The Morgan fingerprint density at radius 2 is 1.73 bits per heavy atom. The van der Waals surface area contributed by atoms with Crippen LogP contribution in [0.2, 0.25) is 0 Å². The van der Waals surface area contributed by atoms with Crippen molar-refractivity contribution in [3.8, 4) is 11.8 Å². The minimum atomic E-state index is -4.87. The second kappa shape index (κ2) is 7.49. The lowest BCUT2D eigenvalue weighted by Crippen LogP contribution is -2.36. The maximum Gasteiger partial charge on any atom is 0.573 e. The number of fused-ring (bicyclic) bond motifs is 1. The van der Waals surface area contributed by atoms with Gasteiger partial charge >= 0.3 is 6.36 Å². The molecule has 0 radical (unpaired) electrons. The largest absolute Gasteiger partial charge is 0.757 e. The summed E-state index contributed by atoms with van der Waals surface area (Å²) in [5.41, 5.74) is 0.212. The van der Waals surface area contributed by atoms with Crippen molar-refractivity contribution >= 4 is 17.1 Å². The number of nitrogens with zero attached hydrogens (tertiary/aromatic N) is 3. The van der Waals surface area contributed by atoms with Gasteiger partial charge < -0.3 is 29.7 Å². The molecule has 4 rings (SSSR count). The van der Waals surface area contributed by atoms with Crippen molar-refractivity contribution in [3.05, 3.63) is 64.0 Å². The topological polar surface area (TPSA) is 104 Å². The number of benzene rings is 2. The lowest BCUT2D eigenvalue weighted by atomic mass is 9.98. The molecule has 11 heteroatoms. The molecule has 1 saturated heterocycles. The van der Waals surface area contributed by atoms with Gasteiger partial charge in [0, 0.05) is 11.6 Å². The third-order valence-corrected chi connectivity index (χ3v) is 4.61. The second-order valence-corrected chi connectivity index (χ2v) is 6.46. The Bertz CT molecular complexity index is 1030. The Morgan fingerprint density at radius 1 is 1.10 bits per heavy atom. The van der Waals surface area contributed by atoms with Gasteiger partial charge in [-0.3, -0.25) is 0 Å². The maximum atomic E-state index is 13.0. The van der Waals surface area contributed by atoms with E-state index in [4.69, 9.17) is 9.47 Å². The number of hydrogen-bond acceptors (Lipinski definition) is 7. The first-order chi connectivity index (χ1) is 14.3. The SMILES string of the molecule is N#CC1=[N+]([O-])c2cc(C3OCCO3)ccc2N([O-])C1c1ccc(OC(F)(F)F)cc1. The Morgan fingerprint density at radius 3 is 2.33 bits per heavy atom. The van der Waals surface area contributed by atoms with Crippen molar-refractivity contribution < 1.29 is 32.1 Å². The number of nitriles is 1. The van der Waals surface area contributed by atoms with E-state index in [-0.39, 0.29) is 16.9 Å². The van der Waals surface area contributed by atoms with Crippen LogP contribution in [0.5, 0.6) is 5.75 Å². The zero-order valence-electron chi connectivity index (χ0n) is 15.1. The number of anilines is 1. The van der Waals surface area contributed by atoms with Crippen molar-refractivity contribution in [1.82, 2.24) is 0 Å². The Labute approximate surface area is 168 Å². The van der Waals surface area contributed by atoms with Crippen LogP contribution in [0.15, 0.2) is 42.5 Å². The minimum Gasteiger partial charge on any atom is -0.757 e. The van der Waals surface area contributed by atoms with E-state index in [2.05, 4.69) is 4.74 Å². The second-order valence-electron chi connectivity index (χ2n) is 6.46. The highest BCUT2D eigenvalue weighted by Gasteiger charge is 2.36. The molecule has 0 aromatic heterocycles. The van der Waals surface area contributed by atoms with E-state index >= 15 is 0 Å². The van der Waals surface area contributed by atoms with Crippen LogP contribution in [0.4, 0.5) is 24.5 Å². The van der Waals surface area contributed by atoms with Crippen molar-refractivity contribution in [3.63, 3.8) is 0 Å².